The SMILES string of the molecule is C=CC(=O)NC(CSC)C(=O)N(C)C#N. The Bertz CT molecular complexity index is 298. The maximum absolute atomic E-state index is 11.6. The van der Waals surface area contributed by atoms with Gasteiger partial charge in [-0.05, 0) is 12.3 Å². The molecule has 5 nitrogen and oxygen atoms in total. The smallest absolute Gasteiger partial charge is 0.258 e. The number of hydrogen-bond acceptors (Lipinski definition) is 4. The Labute approximate surface area is 93.1 Å². The van der Waals surface area contributed by atoms with Crippen LogP contribution in [0, 0.1) is 11.5 Å². The number of carbonyl (C=O) groups excluding carboxylic acids is 2. The van der Waals surface area contributed by atoms with Crippen LogP contribution in [0.3, 0.4) is 0 Å². The van der Waals surface area contributed by atoms with Crippen molar-refractivity contribution in [2.24, 2.45) is 0 Å². The molecule has 15 heavy (non-hydrogen) atoms. The summed E-state index contributed by atoms with van der Waals surface area (Å²) in [7, 11) is 1.36. The normalized spacial score (nSPS) is 11.0. The van der Waals surface area contributed by atoms with Gasteiger partial charge in [-0.15, -0.1) is 0 Å². The molecule has 0 aromatic heterocycles. The third-order valence-corrected chi connectivity index (χ3v) is 2.28. The number of thioether (sulfide) groups is 1. The van der Waals surface area contributed by atoms with E-state index in [2.05, 4.69) is 11.9 Å². The van der Waals surface area contributed by atoms with Gasteiger partial charge in [-0.1, -0.05) is 6.58 Å². The molecular formula is C9H13N3O2S. The molecule has 1 atom stereocenters. The lowest BCUT2D eigenvalue weighted by Crippen LogP contribution is -2.47. The molecule has 1 unspecified atom stereocenters. The predicted molar refractivity (Wildman–Crippen MR) is 58.9 cm³/mol. The summed E-state index contributed by atoms with van der Waals surface area (Å²) in [5.74, 6) is -0.430. The van der Waals surface area contributed by atoms with E-state index in [1.807, 2.05) is 6.26 Å². The molecule has 0 radical (unpaired) electrons. The average molecular weight is 227 g/mol. The van der Waals surface area contributed by atoms with E-state index in [4.69, 9.17) is 5.26 Å². The van der Waals surface area contributed by atoms with Gasteiger partial charge in [0.2, 0.25) is 5.91 Å². The maximum atomic E-state index is 11.6. The van der Waals surface area contributed by atoms with Crippen LogP contribution in [0.25, 0.3) is 0 Å². The van der Waals surface area contributed by atoms with Crippen LogP contribution < -0.4 is 5.32 Å². The number of carbonyl (C=O) groups is 2. The molecule has 0 saturated heterocycles. The van der Waals surface area contributed by atoms with Crippen LogP contribution in [-0.2, 0) is 9.59 Å². The van der Waals surface area contributed by atoms with E-state index >= 15 is 0 Å². The van der Waals surface area contributed by atoms with Crippen molar-refractivity contribution in [2.45, 2.75) is 6.04 Å². The number of rotatable bonds is 5. The van der Waals surface area contributed by atoms with Gasteiger partial charge in [0.05, 0.1) is 0 Å². The van der Waals surface area contributed by atoms with Crippen LogP contribution in [0.1, 0.15) is 0 Å². The van der Waals surface area contributed by atoms with Crippen molar-refractivity contribution in [1.82, 2.24) is 10.2 Å². The van der Waals surface area contributed by atoms with Crippen molar-refractivity contribution in [3.05, 3.63) is 12.7 Å². The predicted octanol–water partition coefficient (Wildman–Crippen LogP) is -0.0403. The summed E-state index contributed by atoms with van der Waals surface area (Å²) in [6.07, 6.45) is 4.59. The van der Waals surface area contributed by atoms with Gasteiger partial charge in [0.15, 0.2) is 6.19 Å². The highest BCUT2D eigenvalue weighted by Gasteiger charge is 2.22. The monoisotopic (exact) mass is 227 g/mol. The topological polar surface area (TPSA) is 73.2 Å². The highest BCUT2D eigenvalue weighted by Crippen LogP contribution is 2.00. The molecule has 0 heterocycles. The molecule has 0 aliphatic rings. The number of nitrogens with zero attached hydrogens (tertiary/aromatic N) is 2. The van der Waals surface area contributed by atoms with Crippen LogP contribution in [0.15, 0.2) is 12.7 Å². The number of nitrogens with one attached hydrogen (secondary N) is 1. The van der Waals surface area contributed by atoms with Crippen molar-refractivity contribution in [2.75, 3.05) is 19.1 Å². The molecular weight excluding hydrogens is 214 g/mol. The van der Waals surface area contributed by atoms with E-state index in [-0.39, 0.29) is 0 Å². The summed E-state index contributed by atoms with van der Waals surface area (Å²) in [5.41, 5.74) is 0. The molecule has 2 amide bonds. The average Bonchev–Trinajstić information content (AvgIpc) is 2.26. The fraction of sp³-hybridized carbons (Fsp3) is 0.444. The van der Waals surface area contributed by atoms with Gasteiger partial charge in [-0.2, -0.15) is 17.0 Å². The van der Waals surface area contributed by atoms with E-state index in [1.165, 1.54) is 18.8 Å². The van der Waals surface area contributed by atoms with Crippen LogP contribution in [0.2, 0.25) is 0 Å². The van der Waals surface area contributed by atoms with Crippen LogP contribution in [0.4, 0.5) is 0 Å². The molecule has 0 fully saturated rings. The van der Waals surface area contributed by atoms with E-state index in [9.17, 15) is 9.59 Å². The first-order valence-corrected chi connectivity index (χ1v) is 5.55. The quantitative estimate of drug-likeness (QED) is 0.406. The second kappa shape index (κ2) is 6.90. The molecule has 0 bridgehead atoms. The zero-order valence-electron chi connectivity index (χ0n) is 8.69. The van der Waals surface area contributed by atoms with Crippen molar-refractivity contribution in [1.29, 1.82) is 5.26 Å². The zero-order valence-corrected chi connectivity index (χ0v) is 9.50. The number of nitriles is 1. The molecule has 0 saturated carbocycles. The van der Waals surface area contributed by atoms with Gasteiger partial charge < -0.3 is 5.32 Å². The molecule has 0 aliphatic heterocycles. The second-order valence-electron chi connectivity index (χ2n) is 2.72. The van der Waals surface area contributed by atoms with Crippen molar-refractivity contribution < 1.29 is 9.59 Å². The summed E-state index contributed by atoms with van der Waals surface area (Å²) in [6.45, 7) is 3.29. The maximum Gasteiger partial charge on any atom is 0.258 e. The fourth-order valence-electron chi connectivity index (χ4n) is 0.855. The Morgan fingerprint density at radius 1 is 1.73 bits per heavy atom. The Balaban J connectivity index is 4.52. The standard InChI is InChI=1S/C9H13N3O2S/c1-4-8(13)11-7(5-15-3)9(14)12(2)6-10/h4,7H,1,5H2,2-3H3,(H,11,13). The molecule has 6 heteroatoms. The minimum atomic E-state index is -0.685. The van der Waals surface area contributed by atoms with Crippen LogP contribution in [-0.4, -0.2) is 41.8 Å². The molecule has 1 N–H and O–H groups in total. The van der Waals surface area contributed by atoms with Crippen molar-refractivity contribution >= 4 is 23.6 Å². The Morgan fingerprint density at radius 2 is 2.33 bits per heavy atom. The molecule has 0 aromatic rings. The summed E-state index contributed by atoms with van der Waals surface area (Å²) < 4.78 is 0. The van der Waals surface area contributed by atoms with E-state index < -0.39 is 17.9 Å². The van der Waals surface area contributed by atoms with Crippen molar-refractivity contribution in [3.8, 4) is 6.19 Å². The highest BCUT2D eigenvalue weighted by molar-refractivity contribution is 7.98. The molecule has 0 aromatic carbocycles. The van der Waals surface area contributed by atoms with Crippen LogP contribution in [0.5, 0.6) is 0 Å². The summed E-state index contributed by atoms with van der Waals surface area (Å²) in [4.78, 5) is 23.5. The summed E-state index contributed by atoms with van der Waals surface area (Å²) >= 11 is 1.41. The van der Waals surface area contributed by atoms with E-state index in [0.29, 0.717) is 5.75 Å². The van der Waals surface area contributed by atoms with Gasteiger partial charge in [0.1, 0.15) is 6.04 Å². The minimum Gasteiger partial charge on any atom is -0.340 e. The first kappa shape index (κ1) is 13.5. The lowest BCUT2D eigenvalue weighted by molar-refractivity contribution is -0.131. The molecule has 82 valence electrons. The van der Waals surface area contributed by atoms with Gasteiger partial charge in [-0.25, -0.2) is 0 Å². The van der Waals surface area contributed by atoms with E-state index in [0.717, 1.165) is 11.0 Å². The Morgan fingerprint density at radius 3 is 2.73 bits per heavy atom. The lowest BCUT2D eigenvalue weighted by Gasteiger charge is -2.18. The first-order valence-electron chi connectivity index (χ1n) is 4.16. The van der Waals surface area contributed by atoms with Gasteiger partial charge in [-0.3, -0.25) is 14.5 Å². The zero-order chi connectivity index (χ0) is 11.8. The molecule has 0 spiro atoms. The van der Waals surface area contributed by atoms with Gasteiger partial charge in [0, 0.05) is 12.8 Å². The summed E-state index contributed by atoms with van der Waals surface area (Å²) in [5, 5.41) is 11.0. The highest BCUT2D eigenvalue weighted by atomic mass is 32.2. The third-order valence-electron chi connectivity index (χ3n) is 1.61. The van der Waals surface area contributed by atoms with Crippen molar-refractivity contribution in [3.63, 3.8) is 0 Å². The van der Waals surface area contributed by atoms with Gasteiger partial charge in [0.25, 0.3) is 5.91 Å². The Hall–Kier alpha value is -1.48. The van der Waals surface area contributed by atoms with E-state index in [1.54, 1.807) is 6.19 Å². The third kappa shape index (κ3) is 4.51. The Kier molecular flexibility index (Phi) is 6.22. The summed E-state index contributed by atoms with van der Waals surface area (Å²) in [6, 6.07) is -0.685. The lowest BCUT2D eigenvalue weighted by atomic mass is 10.3. The first-order chi connectivity index (χ1) is 7.06. The van der Waals surface area contributed by atoms with Gasteiger partial charge >= 0.3 is 0 Å². The molecule has 0 rings (SSSR count). The molecule has 0 aliphatic carbocycles. The fourth-order valence-corrected chi connectivity index (χ4v) is 1.41. The second-order valence-corrected chi connectivity index (χ2v) is 3.63. The number of hydrogen-bond donors (Lipinski definition) is 1. The van der Waals surface area contributed by atoms with Crippen LogP contribution >= 0.6 is 11.8 Å². The number of likely N-dealkylation sites (N-methyl/N-ethyl adjacent to an activating group) is 1. The minimum absolute atomic E-state index is 0.421. The number of amides is 2. The largest absolute Gasteiger partial charge is 0.340 e.